The molecule has 0 aliphatic rings. The van der Waals surface area contributed by atoms with Crippen LogP contribution < -0.4 is 5.73 Å². The van der Waals surface area contributed by atoms with Crippen LogP contribution in [0.15, 0.2) is 28.7 Å². The predicted octanol–water partition coefficient (Wildman–Crippen LogP) is 1.60. The lowest BCUT2D eigenvalue weighted by Crippen LogP contribution is -1.92. The molecular weight excluding hydrogens is 154 g/mol. The fourth-order valence-corrected chi connectivity index (χ4v) is 1.19. The highest BCUT2D eigenvalue weighted by Gasteiger charge is 2.01. The van der Waals surface area contributed by atoms with Gasteiger partial charge in [-0.25, -0.2) is 0 Å². The summed E-state index contributed by atoms with van der Waals surface area (Å²) in [6.07, 6.45) is 0. The van der Waals surface area contributed by atoms with Gasteiger partial charge in [0.25, 0.3) is 0 Å². The van der Waals surface area contributed by atoms with Crippen LogP contribution in [-0.4, -0.2) is 5.11 Å². The second-order valence-electron chi connectivity index (χ2n) is 2.64. The van der Waals surface area contributed by atoms with Gasteiger partial charge in [-0.1, -0.05) is 0 Å². The van der Waals surface area contributed by atoms with Crippen molar-refractivity contribution in [3.63, 3.8) is 0 Å². The van der Waals surface area contributed by atoms with E-state index in [1.54, 1.807) is 18.2 Å². The van der Waals surface area contributed by atoms with Crippen LogP contribution in [0.25, 0.3) is 11.0 Å². The maximum absolute atomic E-state index is 9.14. The molecule has 1 aromatic carbocycles. The van der Waals surface area contributed by atoms with E-state index in [2.05, 4.69) is 0 Å². The Morgan fingerprint density at radius 3 is 2.92 bits per heavy atom. The SMILES string of the molecule is NCc1cc2cc(O)ccc2o1. The average Bonchev–Trinajstić information content (AvgIpc) is 2.46. The minimum atomic E-state index is 0.242. The molecule has 12 heavy (non-hydrogen) atoms. The molecule has 0 saturated heterocycles. The minimum Gasteiger partial charge on any atom is -0.508 e. The molecule has 0 spiro atoms. The zero-order chi connectivity index (χ0) is 8.55. The van der Waals surface area contributed by atoms with Gasteiger partial charge in [-0.3, -0.25) is 0 Å². The molecule has 3 N–H and O–H groups in total. The Bertz CT molecular complexity index is 406. The first-order valence-corrected chi connectivity index (χ1v) is 3.71. The number of rotatable bonds is 1. The van der Waals surface area contributed by atoms with Gasteiger partial charge in [0.1, 0.15) is 17.1 Å². The minimum absolute atomic E-state index is 0.242. The molecule has 0 unspecified atom stereocenters. The summed E-state index contributed by atoms with van der Waals surface area (Å²) in [5.74, 6) is 0.975. The van der Waals surface area contributed by atoms with E-state index in [9.17, 15) is 0 Å². The summed E-state index contributed by atoms with van der Waals surface area (Å²) >= 11 is 0. The van der Waals surface area contributed by atoms with Gasteiger partial charge in [-0.05, 0) is 24.3 Å². The van der Waals surface area contributed by atoms with Gasteiger partial charge in [0.2, 0.25) is 0 Å². The summed E-state index contributed by atoms with van der Waals surface area (Å²) in [5, 5.41) is 10.0. The maximum Gasteiger partial charge on any atom is 0.134 e. The highest BCUT2D eigenvalue weighted by Crippen LogP contribution is 2.22. The van der Waals surface area contributed by atoms with Crippen molar-refractivity contribution in [2.24, 2.45) is 5.73 Å². The molecule has 0 atom stereocenters. The van der Waals surface area contributed by atoms with Crippen LogP contribution in [0.4, 0.5) is 0 Å². The van der Waals surface area contributed by atoms with Crippen LogP contribution >= 0.6 is 0 Å². The fourth-order valence-electron chi connectivity index (χ4n) is 1.19. The molecule has 2 rings (SSSR count). The van der Waals surface area contributed by atoms with Crippen LogP contribution in [0.1, 0.15) is 5.76 Å². The number of nitrogens with two attached hydrogens (primary N) is 1. The van der Waals surface area contributed by atoms with Gasteiger partial charge >= 0.3 is 0 Å². The van der Waals surface area contributed by atoms with E-state index in [0.717, 1.165) is 16.7 Å². The number of hydrogen-bond acceptors (Lipinski definition) is 3. The second-order valence-corrected chi connectivity index (χ2v) is 2.64. The number of phenols is 1. The standard InChI is InChI=1S/C9H9NO2/c10-5-8-4-6-3-7(11)1-2-9(6)12-8/h1-4,11H,5,10H2. The molecule has 0 radical (unpaired) electrons. The summed E-state index contributed by atoms with van der Waals surface area (Å²) in [6, 6.07) is 6.79. The first kappa shape index (κ1) is 7.18. The Kier molecular flexibility index (Phi) is 1.52. The molecule has 2 aromatic rings. The van der Waals surface area contributed by atoms with Gasteiger partial charge in [0.05, 0.1) is 6.54 Å². The lowest BCUT2D eigenvalue weighted by Gasteiger charge is -1.88. The molecule has 0 amide bonds. The van der Waals surface area contributed by atoms with Gasteiger partial charge in [-0.15, -0.1) is 0 Å². The molecular formula is C9H9NO2. The lowest BCUT2D eigenvalue weighted by molar-refractivity contribution is 0.475. The van der Waals surface area contributed by atoms with Crippen LogP contribution in [0.3, 0.4) is 0 Å². The molecule has 3 heteroatoms. The van der Waals surface area contributed by atoms with Crippen molar-refractivity contribution in [2.75, 3.05) is 0 Å². The molecule has 0 aliphatic carbocycles. The van der Waals surface area contributed by atoms with Crippen LogP contribution in [0.2, 0.25) is 0 Å². The quantitative estimate of drug-likeness (QED) is 0.671. The Labute approximate surface area is 69.4 Å². The number of phenolic OH excluding ortho intramolecular Hbond substituents is 1. The lowest BCUT2D eigenvalue weighted by atomic mass is 10.2. The Morgan fingerprint density at radius 1 is 1.33 bits per heavy atom. The zero-order valence-corrected chi connectivity index (χ0v) is 6.45. The molecule has 0 saturated carbocycles. The number of fused-ring (bicyclic) bond motifs is 1. The third-order valence-corrected chi connectivity index (χ3v) is 1.75. The van der Waals surface area contributed by atoms with E-state index in [1.165, 1.54) is 0 Å². The van der Waals surface area contributed by atoms with E-state index in [4.69, 9.17) is 15.3 Å². The fraction of sp³-hybridized carbons (Fsp3) is 0.111. The number of benzene rings is 1. The van der Waals surface area contributed by atoms with E-state index in [-0.39, 0.29) is 5.75 Å². The van der Waals surface area contributed by atoms with Crippen molar-refractivity contribution >= 4 is 11.0 Å². The molecule has 0 fully saturated rings. The van der Waals surface area contributed by atoms with Crippen molar-refractivity contribution in [1.29, 1.82) is 0 Å². The second kappa shape index (κ2) is 2.53. The Hall–Kier alpha value is -1.48. The van der Waals surface area contributed by atoms with Gasteiger partial charge < -0.3 is 15.3 Å². The van der Waals surface area contributed by atoms with Crippen molar-refractivity contribution in [2.45, 2.75) is 6.54 Å². The third kappa shape index (κ3) is 1.04. The maximum atomic E-state index is 9.14. The summed E-state index contributed by atoms with van der Waals surface area (Å²) < 4.78 is 5.34. The monoisotopic (exact) mass is 163 g/mol. The molecule has 1 aromatic heterocycles. The highest BCUT2D eigenvalue weighted by molar-refractivity contribution is 5.79. The summed E-state index contributed by atoms with van der Waals surface area (Å²) in [6.45, 7) is 0.384. The van der Waals surface area contributed by atoms with Gasteiger partial charge in [-0.2, -0.15) is 0 Å². The van der Waals surface area contributed by atoms with Crippen LogP contribution in [0.5, 0.6) is 5.75 Å². The normalized spacial score (nSPS) is 10.8. The molecule has 0 aliphatic heterocycles. The predicted molar refractivity (Wildman–Crippen MR) is 45.8 cm³/mol. The van der Waals surface area contributed by atoms with Crippen molar-refractivity contribution < 1.29 is 9.52 Å². The van der Waals surface area contributed by atoms with Crippen molar-refractivity contribution in [3.8, 4) is 5.75 Å². The number of furan rings is 1. The van der Waals surface area contributed by atoms with E-state index in [1.807, 2.05) is 6.07 Å². The largest absolute Gasteiger partial charge is 0.508 e. The summed E-state index contributed by atoms with van der Waals surface area (Å²) in [7, 11) is 0. The van der Waals surface area contributed by atoms with Crippen LogP contribution in [-0.2, 0) is 6.54 Å². The van der Waals surface area contributed by atoms with E-state index >= 15 is 0 Å². The number of hydrogen-bond donors (Lipinski definition) is 2. The third-order valence-electron chi connectivity index (χ3n) is 1.75. The van der Waals surface area contributed by atoms with Crippen LogP contribution in [0, 0.1) is 0 Å². The number of aromatic hydroxyl groups is 1. The smallest absolute Gasteiger partial charge is 0.134 e. The summed E-state index contributed by atoms with van der Waals surface area (Å²) in [5.41, 5.74) is 6.15. The summed E-state index contributed by atoms with van der Waals surface area (Å²) in [4.78, 5) is 0. The topological polar surface area (TPSA) is 59.4 Å². The van der Waals surface area contributed by atoms with Crippen molar-refractivity contribution in [1.82, 2.24) is 0 Å². The highest BCUT2D eigenvalue weighted by atomic mass is 16.3. The molecule has 0 bridgehead atoms. The molecule has 1 heterocycles. The Balaban J connectivity index is 2.67. The van der Waals surface area contributed by atoms with E-state index < -0.39 is 0 Å². The first-order chi connectivity index (χ1) is 5.79. The zero-order valence-electron chi connectivity index (χ0n) is 6.45. The Morgan fingerprint density at radius 2 is 2.17 bits per heavy atom. The average molecular weight is 163 g/mol. The van der Waals surface area contributed by atoms with Gasteiger partial charge in [0, 0.05) is 5.39 Å². The first-order valence-electron chi connectivity index (χ1n) is 3.71. The van der Waals surface area contributed by atoms with Gasteiger partial charge in [0.15, 0.2) is 0 Å². The van der Waals surface area contributed by atoms with E-state index in [0.29, 0.717) is 6.54 Å². The molecule has 3 nitrogen and oxygen atoms in total. The molecule has 62 valence electrons. The van der Waals surface area contributed by atoms with Crippen molar-refractivity contribution in [3.05, 3.63) is 30.0 Å².